The standard InChI is InChI=1S/C30H35F4N5O4S2/c1-28(2,3)22(38-27(43)30(32,33)34)26(42)39-12-14-18(29(14,4)5)20(39)24(44)36-16(11-13-9-10-35-23(13)41)21(40)25-37-19-15(31)7-6-8-17(19)45-25/h6-8,13-14,16,18,20,22H,9-12H2,1-5H3,(H,35,41)(H,36,44)(H,38,43)/t13?,14?,16-,18?,20-,22?/m0/s1. The highest BCUT2D eigenvalue weighted by Gasteiger charge is 2.69. The molecule has 3 aliphatic rings. The molecule has 1 aromatic carbocycles. The number of aromatic nitrogens is 1. The van der Waals surface area contributed by atoms with Crippen LogP contribution in [0.2, 0.25) is 0 Å². The maximum atomic E-state index is 14.4. The van der Waals surface area contributed by atoms with Gasteiger partial charge in [-0.1, -0.05) is 52.9 Å². The van der Waals surface area contributed by atoms with Crippen molar-refractivity contribution in [1.82, 2.24) is 25.8 Å². The molecular formula is C30H35F4N5O4S2. The minimum Gasteiger partial charge on any atom is -0.368 e. The van der Waals surface area contributed by atoms with Gasteiger partial charge in [-0.2, -0.15) is 13.2 Å². The number of hydrogen-bond donors (Lipinski definition) is 3. The van der Waals surface area contributed by atoms with Gasteiger partial charge in [-0.3, -0.25) is 19.2 Å². The van der Waals surface area contributed by atoms with E-state index in [0.29, 0.717) is 17.7 Å². The number of piperidine rings is 1. The third kappa shape index (κ3) is 6.29. The van der Waals surface area contributed by atoms with Crippen molar-refractivity contribution in [3.63, 3.8) is 0 Å². The highest BCUT2D eigenvalue weighted by atomic mass is 32.1. The molecule has 2 aromatic rings. The number of amides is 3. The van der Waals surface area contributed by atoms with E-state index in [4.69, 9.17) is 12.2 Å². The molecule has 15 heteroatoms. The van der Waals surface area contributed by atoms with Crippen molar-refractivity contribution in [3.05, 3.63) is 29.0 Å². The molecule has 3 heterocycles. The molecule has 4 unspecified atom stereocenters. The van der Waals surface area contributed by atoms with E-state index >= 15 is 0 Å². The molecule has 2 saturated heterocycles. The molecule has 6 atom stereocenters. The lowest BCUT2D eigenvalue weighted by Crippen LogP contribution is -2.61. The Kier molecular flexibility index (Phi) is 8.51. The third-order valence-electron chi connectivity index (χ3n) is 9.30. The molecule has 3 fully saturated rings. The first-order valence-corrected chi connectivity index (χ1v) is 15.9. The predicted molar refractivity (Wildman–Crippen MR) is 163 cm³/mol. The summed E-state index contributed by atoms with van der Waals surface area (Å²) in [4.78, 5) is 58.0. The number of alkyl halides is 3. The van der Waals surface area contributed by atoms with Gasteiger partial charge in [0, 0.05) is 19.0 Å². The summed E-state index contributed by atoms with van der Waals surface area (Å²) in [5.74, 6) is -4.88. The second-order valence-electron chi connectivity index (χ2n) is 13.7. The lowest BCUT2D eigenvalue weighted by Gasteiger charge is -2.39. The summed E-state index contributed by atoms with van der Waals surface area (Å²) >= 11 is 6.86. The van der Waals surface area contributed by atoms with Gasteiger partial charge in [0.25, 0.3) is 0 Å². The minimum atomic E-state index is -5.18. The van der Waals surface area contributed by atoms with Crippen LogP contribution in [0.3, 0.4) is 0 Å². The van der Waals surface area contributed by atoms with E-state index < -0.39 is 59.0 Å². The normalized spacial score (nSPS) is 25.4. The molecule has 3 amide bonds. The molecule has 0 bridgehead atoms. The van der Waals surface area contributed by atoms with Crippen LogP contribution < -0.4 is 16.0 Å². The number of rotatable bonds is 8. The van der Waals surface area contributed by atoms with E-state index in [1.54, 1.807) is 26.8 Å². The molecule has 1 aliphatic carbocycles. The first-order chi connectivity index (χ1) is 20.8. The summed E-state index contributed by atoms with van der Waals surface area (Å²) in [6.45, 7) is 9.34. The molecule has 5 rings (SSSR count). The van der Waals surface area contributed by atoms with Gasteiger partial charge in [-0.15, -0.1) is 11.3 Å². The molecule has 0 spiro atoms. The molecule has 2 aliphatic heterocycles. The fourth-order valence-electron chi connectivity index (χ4n) is 6.65. The summed E-state index contributed by atoms with van der Waals surface area (Å²) < 4.78 is 54.5. The molecule has 1 aromatic heterocycles. The number of Topliss-reactive ketones (excluding diaryl/α,β-unsaturated/α-hetero) is 1. The average molecular weight is 670 g/mol. The van der Waals surface area contributed by atoms with Crippen LogP contribution in [0.15, 0.2) is 18.2 Å². The summed E-state index contributed by atoms with van der Waals surface area (Å²) in [6.07, 6.45) is -4.63. The minimum absolute atomic E-state index is 0.00728. The van der Waals surface area contributed by atoms with Gasteiger partial charge < -0.3 is 20.9 Å². The van der Waals surface area contributed by atoms with Crippen molar-refractivity contribution in [2.45, 2.75) is 71.8 Å². The van der Waals surface area contributed by atoms with Crippen LogP contribution in [0.25, 0.3) is 10.2 Å². The number of halogens is 4. The average Bonchev–Trinajstić information content (AvgIpc) is 3.45. The number of nitrogens with one attached hydrogen (secondary N) is 3. The number of benzene rings is 1. The number of likely N-dealkylation sites (tertiary alicyclic amines) is 1. The largest absolute Gasteiger partial charge is 0.471 e. The number of fused-ring (bicyclic) bond motifs is 2. The lowest BCUT2D eigenvalue weighted by atomic mass is 9.85. The predicted octanol–water partition coefficient (Wildman–Crippen LogP) is 4.01. The first kappa shape index (κ1) is 33.2. The zero-order chi connectivity index (χ0) is 33.2. The van der Waals surface area contributed by atoms with Gasteiger partial charge in [0.1, 0.15) is 17.4 Å². The highest BCUT2D eigenvalue weighted by molar-refractivity contribution is 7.80. The Bertz CT molecular complexity index is 1570. The van der Waals surface area contributed by atoms with Gasteiger partial charge in [-0.05, 0) is 47.6 Å². The van der Waals surface area contributed by atoms with Crippen LogP contribution >= 0.6 is 23.6 Å². The molecule has 3 N–H and O–H groups in total. The Balaban J connectivity index is 1.44. The molecular weight excluding hydrogens is 634 g/mol. The third-order valence-corrected chi connectivity index (χ3v) is 10.7. The quantitative estimate of drug-likeness (QED) is 0.221. The summed E-state index contributed by atoms with van der Waals surface area (Å²) in [5, 5.41) is 7.76. The van der Waals surface area contributed by atoms with Crippen molar-refractivity contribution in [1.29, 1.82) is 0 Å². The van der Waals surface area contributed by atoms with E-state index in [0.717, 1.165) is 11.3 Å². The van der Waals surface area contributed by atoms with Gasteiger partial charge in [0.05, 0.1) is 21.8 Å². The van der Waals surface area contributed by atoms with Gasteiger partial charge in [0.2, 0.25) is 17.6 Å². The molecule has 45 heavy (non-hydrogen) atoms. The van der Waals surface area contributed by atoms with E-state index in [1.807, 2.05) is 19.2 Å². The molecule has 0 radical (unpaired) electrons. The Hall–Kier alpha value is -3.20. The van der Waals surface area contributed by atoms with Crippen molar-refractivity contribution < 1.29 is 36.7 Å². The van der Waals surface area contributed by atoms with Crippen LogP contribution in [0.1, 0.15) is 57.3 Å². The lowest BCUT2D eigenvalue weighted by molar-refractivity contribution is -0.176. The second kappa shape index (κ2) is 11.6. The Morgan fingerprint density at radius 3 is 2.47 bits per heavy atom. The number of carbonyl (C=O) groups excluding carboxylic acids is 4. The van der Waals surface area contributed by atoms with Crippen LogP contribution in [0, 0.1) is 34.4 Å². The molecule has 244 valence electrons. The number of thiazole rings is 1. The maximum Gasteiger partial charge on any atom is 0.471 e. The van der Waals surface area contributed by atoms with Crippen LogP contribution in [-0.2, 0) is 14.4 Å². The zero-order valence-corrected chi connectivity index (χ0v) is 27.0. The number of nitrogens with zero attached hydrogens (tertiary/aromatic N) is 2. The number of carbonyl (C=O) groups is 4. The van der Waals surface area contributed by atoms with Gasteiger partial charge in [-0.25, -0.2) is 9.37 Å². The molecule has 9 nitrogen and oxygen atoms in total. The van der Waals surface area contributed by atoms with Crippen LogP contribution in [0.5, 0.6) is 0 Å². The number of para-hydroxylation sites is 1. The van der Waals surface area contributed by atoms with E-state index in [1.165, 1.54) is 17.0 Å². The van der Waals surface area contributed by atoms with E-state index in [9.17, 15) is 36.7 Å². The van der Waals surface area contributed by atoms with E-state index in [-0.39, 0.29) is 51.6 Å². The second-order valence-corrected chi connectivity index (χ2v) is 15.2. The topological polar surface area (TPSA) is 120 Å². The zero-order valence-electron chi connectivity index (χ0n) is 25.4. The molecule has 1 saturated carbocycles. The number of hydrogen-bond acceptors (Lipinski definition) is 7. The Morgan fingerprint density at radius 2 is 1.89 bits per heavy atom. The maximum absolute atomic E-state index is 14.4. The summed E-state index contributed by atoms with van der Waals surface area (Å²) in [7, 11) is 0. The number of ketones is 1. The Morgan fingerprint density at radius 1 is 1.20 bits per heavy atom. The fraction of sp³-hybridized carbons (Fsp3) is 0.600. The van der Waals surface area contributed by atoms with Gasteiger partial charge >= 0.3 is 12.1 Å². The smallest absolute Gasteiger partial charge is 0.368 e. The summed E-state index contributed by atoms with van der Waals surface area (Å²) in [6, 6.07) is 1.07. The number of thiocarbonyl (C=S) groups is 1. The summed E-state index contributed by atoms with van der Waals surface area (Å²) in [5.41, 5.74) is -1.26. The highest BCUT2D eigenvalue weighted by Crippen LogP contribution is 2.65. The SMILES string of the molecule is CC(C)(C)C(NC(=O)C(F)(F)F)C(=O)N1CC2C([C@H]1C(=S)N[C@@H](CC1CCNC1=O)C(=O)c1nc3c(F)cccc3s1)C2(C)C. The Labute approximate surface area is 266 Å². The van der Waals surface area contributed by atoms with Crippen LogP contribution in [0.4, 0.5) is 17.6 Å². The van der Waals surface area contributed by atoms with Crippen molar-refractivity contribution in [3.8, 4) is 0 Å². The fourth-order valence-corrected chi connectivity index (χ4v) is 8.04. The van der Waals surface area contributed by atoms with Crippen molar-refractivity contribution >= 4 is 62.3 Å². The van der Waals surface area contributed by atoms with Gasteiger partial charge in [0.15, 0.2) is 5.01 Å². The van der Waals surface area contributed by atoms with E-state index in [2.05, 4.69) is 15.6 Å². The first-order valence-electron chi connectivity index (χ1n) is 14.7. The van der Waals surface area contributed by atoms with Crippen LogP contribution in [-0.4, -0.2) is 75.8 Å². The van der Waals surface area contributed by atoms with Crippen molar-refractivity contribution in [2.24, 2.45) is 28.6 Å². The van der Waals surface area contributed by atoms with Crippen molar-refractivity contribution in [2.75, 3.05) is 13.1 Å². The monoisotopic (exact) mass is 669 g/mol.